The van der Waals surface area contributed by atoms with E-state index in [1.807, 2.05) is 22.8 Å². The summed E-state index contributed by atoms with van der Waals surface area (Å²) < 4.78 is 7.60. The Hall–Kier alpha value is -2.41. The second-order valence-corrected chi connectivity index (χ2v) is 5.31. The smallest absolute Gasteiger partial charge is 0.191 e. The molecule has 130 valence electrons. The van der Waals surface area contributed by atoms with Crippen molar-refractivity contribution in [3.63, 3.8) is 0 Å². The summed E-state index contributed by atoms with van der Waals surface area (Å²) in [6.07, 6.45) is 2.61. The highest BCUT2D eigenvalue weighted by Gasteiger charge is 2.10. The molecule has 24 heavy (non-hydrogen) atoms. The highest BCUT2D eigenvalue weighted by atomic mass is 16.5. The fraction of sp³-hybridized carbons (Fsp3) is 0.471. The first-order valence-electron chi connectivity index (χ1n) is 8.17. The summed E-state index contributed by atoms with van der Waals surface area (Å²) in [4.78, 5) is 4.25. The monoisotopic (exact) mass is 330 g/mol. The second kappa shape index (κ2) is 9.67. The van der Waals surface area contributed by atoms with Crippen LogP contribution in [0.5, 0.6) is 0 Å². The van der Waals surface area contributed by atoms with Gasteiger partial charge in [-0.1, -0.05) is 37.3 Å². The third-order valence-corrected chi connectivity index (χ3v) is 3.79. The van der Waals surface area contributed by atoms with Crippen LogP contribution in [-0.4, -0.2) is 48.0 Å². The van der Waals surface area contributed by atoms with Gasteiger partial charge in [0, 0.05) is 40.2 Å². The van der Waals surface area contributed by atoms with Gasteiger partial charge in [0.15, 0.2) is 5.96 Å². The Balaban J connectivity index is 1.80. The van der Waals surface area contributed by atoms with Crippen LogP contribution in [-0.2, 0) is 17.7 Å². The molecular weight excluding hydrogens is 304 g/mol. The topological polar surface area (TPSA) is 76.4 Å². The molecule has 1 aromatic heterocycles. The van der Waals surface area contributed by atoms with Crippen LogP contribution in [0.1, 0.15) is 24.4 Å². The Morgan fingerprint density at radius 3 is 2.75 bits per heavy atom. The van der Waals surface area contributed by atoms with Gasteiger partial charge < -0.3 is 19.9 Å². The van der Waals surface area contributed by atoms with Crippen molar-refractivity contribution in [3.8, 4) is 0 Å². The first kappa shape index (κ1) is 17.9. The molecule has 0 spiro atoms. The van der Waals surface area contributed by atoms with Crippen LogP contribution in [0.15, 0.2) is 41.7 Å². The lowest BCUT2D eigenvalue weighted by Crippen LogP contribution is -2.41. The standard InChI is InChI=1S/C17H26N6O/c1-4-16-22-21-13-23(16)11-10-19-17(18-2)20-12-15(24-3)14-8-6-5-7-9-14/h5-9,13,15H,4,10-12H2,1-3H3,(H2,18,19,20). The normalized spacial score (nSPS) is 12.9. The van der Waals surface area contributed by atoms with Crippen molar-refractivity contribution in [2.45, 2.75) is 26.0 Å². The van der Waals surface area contributed by atoms with E-state index in [2.05, 4.69) is 44.9 Å². The van der Waals surface area contributed by atoms with Crippen LogP contribution in [0.4, 0.5) is 0 Å². The number of aryl methyl sites for hydroxylation is 1. The summed E-state index contributed by atoms with van der Waals surface area (Å²) in [7, 11) is 3.48. The van der Waals surface area contributed by atoms with E-state index >= 15 is 0 Å². The molecule has 1 aromatic carbocycles. The number of benzene rings is 1. The van der Waals surface area contributed by atoms with Gasteiger partial charge in [-0.15, -0.1) is 10.2 Å². The van der Waals surface area contributed by atoms with Crippen molar-refractivity contribution in [2.75, 3.05) is 27.2 Å². The molecule has 0 fully saturated rings. The molecule has 0 aliphatic carbocycles. The van der Waals surface area contributed by atoms with E-state index < -0.39 is 0 Å². The van der Waals surface area contributed by atoms with Crippen molar-refractivity contribution < 1.29 is 4.74 Å². The maximum atomic E-state index is 5.56. The van der Waals surface area contributed by atoms with Gasteiger partial charge in [0.1, 0.15) is 12.2 Å². The number of guanidine groups is 1. The lowest BCUT2D eigenvalue weighted by Gasteiger charge is -2.19. The van der Waals surface area contributed by atoms with E-state index in [1.165, 1.54) is 0 Å². The average Bonchev–Trinajstić information content (AvgIpc) is 3.09. The number of rotatable bonds is 8. The number of ether oxygens (including phenoxy) is 1. The van der Waals surface area contributed by atoms with Gasteiger partial charge in [-0.05, 0) is 5.56 Å². The maximum absolute atomic E-state index is 5.56. The molecule has 1 heterocycles. The van der Waals surface area contributed by atoms with Crippen molar-refractivity contribution in [1.82, 2.24) is 25.4 Å². The van der Waals surface area contributed by atoms with E-state index in [0.717, 1.165) is 36.9 Å². The molecule has 0 saturated carbocycles. The lowest BCUT2D eigenvalue weighted by atomic mass is 10.1. The third kappa shape index (κ3) is 5.06. The zero-order valence-electron chi connectivity index (χ0n) is 14.6. The van der Waals surface area contributed by atoms with Gasteiger partial charge in [-0.3, -0.25) is 4.99 Å². The first-order chi connectivity index (χ1) is 11.8. The Morgan fingerprint density at radius 1 is 1.29 bits per heavy atom. The van der Waals surface area contributed by atoms with E-state index in [9.17, 15) is 0 Å². The molecule has 7 heteroatoms. The maximum Gasteiger partial charge on any atom is 0.191 e. The third-order valence-electron chi connectivity index (χ3n) is 3.79. The summed E-state index contributed by atoms with van der Waals surface area (Å²) in [6, 6.07) is 10.1. The molecule has 2 rings (SSSR count). The van der Waals surface area contributed by atoms with Crippen molar-refractivity contribution >= 4 is 5.96 Å². The highest BCUT2D eigenvalue weighted by molar-refractivity contribution is 5.79. The minimum atomic E-state index is -0.0192. The second-order valence-electron chi connectivity index (χ2n) is 5.31. The van der Waals surface area contributed by atoms with Crippen molar-refractivity contribution in [3.05, 3.63) is 48.0 Å². The van der Waals surface area contributed by atoms with Gasteiger partial charge in [0.2, 0.25) is 0 Å². The van der Waals surface area contributed by atoms with E-state index in [4.69, 9.17) is 4.74 Å². The molecule has 7 nitrogen and oxygen atoms in total. The molecule has 0 bridgehead atoms. The van der Waals surface area contributed by atoms with E-state index in [1.54, 1.807) is 20.5 Å². The van der Waals surface area contributed by atoms with Crippen molar-refractivity contribution in [2.24, 2.45) is 4.99 Å². The average molecular weight is 330 g/mol. The van der Waals surface area contributed by atoms with Gasteiger partial charge in [-0.25, -0.2) is 0 Å². The fourth-order valence-corrected chi connectivity index (χ4v) is 2.45. The predicted molar refractivity (Wildman–Crippen MR) is 95.0 cm³/mol. The van der Waals surface area contributed by atoms with Gasteiger partial charge in [0.05, 0.1) is 6.10 Å². The summed E-state index contributed by atoms with van der Waals surface area (Å²) in [6.45, 7) is 4.26. The zero-order chi connectivity index (χ0) is 17.2. The number of hydrogen-bond donors (Lipinski definition) is 2. The number of aromatic nitrogens is 3. The molecule has 0 saturated heterocycles. The number of methoxy groups -OCH3 is 1. The predicted octanol–water partition coefficient (Wildman–Crippen LogP) is 1.39. The molecule has 0 aliphatic rings. The number of nitrogens with one attached hydrogen (secondary N) is 2. The van der Waals surface area contributed by atoms with Gasteiger partial charge in [0.25, 0.3) is 0 Å². The Kier molecular flexibility index (Phi) is 7.22. The molecule has 1 atom stereocenters. The SMILES string of the molecule is CCc1nncn1CCNC(=NC)NCC(OC)c1ccccc1. The van der Waals surface area contributed by atoms with Crippen LogP contribution < -0.4 is 10.6 Å². The lowest BCUT2D eigenvalue weighted by molar-refractivity contribution is 0.106. The Labute approximate surface area is 143 Å². The molecule has 2 aromatic rings. The quantitative estimate of drug-likeness (QED) is 0.565. The molecule has 1 unspecified atom stereocenters. The summed E-state index contributed by atoms with van der Waals surface area (Å²) >= 11 is 0. The molecule has 0 radical (unpaired) electrons. The summed E-state index contributed by atoms with van der Waals surface area (Å²) in [5.41, 5.74) is 1.14. The van der Waals surface area contributed by atoms with E-state index in [-0.39, 0.29) is 6.10 Å². The largest absolute Gasteiger partial charge is 0.375 e. The van der Waals surface area contributed by atoms with E-state index in [0.29, 0.717) is 6.54 Å². The summed E-state index contributed by atoms with van der Waals surface area (Å²) in [5.74, 6) is 1.74. The van der Waals surface area contributed by atoms with Crippen LogP contribution >= 0.6 is 0 Å². The minimum Gasteiger partial charge on any atom is -0.375 e. The molecular formula is C17H26N6O. The minimum absolute atomic E-state index is 0.0192. The number of nitrogens with zero attached hydrogens (tertiary/aromatic N) is 4. The first-order valence-corrected chi connectivity index (χ1v) is 8.17. The van der Waals surface area contributed by atoms with Crippen LogP contribution in [0.3, 0.4) is 0 Å². The van der Waals surface area contributed by atoms with Crippen LogP contribution in [0.25, 0.3) is 0 Å². The molecule has 0 aliphatic heterocycles. The van der Waals surface area contributed by atoms with Crippen LogP contribution in [0, 0.1) is 0 Å². The molecule has 2 N–H and O–H groups in total. The summed E-state index contributed by atoms with van der Waals surface area (Å²) in [5, 5.41) is 14.6. The highest BCUT2D eigenvalue weighted by Crippen LogP contribution is 2.14. The fourth-order valence-electron chi connectivity index (χ4n) is 2.45. The van der Waals surface area contributed by atoms with Crippen LogP contribution in [0.2, 0.25) is 0 Å². The van der Waals surface area contributed by atoms with Gasteiger partial charge in [-0.2, -0.15) is 0 Å². The number of hydrogen-bond acceptors (Lipinski definition) is 4. The number of aliphatic imine (C=N–C) groups is 1. The van der Waals surface area contributed by atoms with Crippen molar-refractivity contribution in [1.29, 1.82) is 0 Å². The van der Waals surface area contributed by atoms with Gasteiger partial charge >= 0.3 is 0 Å². The Morgan fingerprint density at radius 2 is 2.08 bits per heavy atom. The Bertz CT molecular complexity index is 625. The zero-order valence-corrected chi connectivity index (χ0v) is 14.6. The molecule has 0 amide bonds.